The first kappa shape index (κ1) is 17.0. The summed E-state index contributed by atoms with van der Waals surface area (Å²) in [6.45, 7) is 4.39. The van der Waals surface area contributed by atoms with Crippen molar-refractivity contribution in [3.05, 3.63) is 21.3 Å². The normalized spacial score (nSPS) is 11.0. The molecule has 0 aliphatic carbocycles. The zero-order valence-electron chi connectivity index (χ0n) is 13.0. The summed E-state index contributed by atoms with van der Waals surface area (Å²) in [5, 5.41) is 1.13. The molecule has 0 N–H and O–H groups in total. The van der Waals surface area contributed by atoms with Gasteiger partial charge in [-0.05, 0) is 25.2 Å². The molecule has 5 nitrogen and oxygen atoms in total. The average Bonchev–Trinajstić information content (AvgIpc) is 2.93. The molecule has 0 amide bonds. The number of nitrogens with zero attached hydrogens (tertiary/aromatic N) is 2. The van der Waals surface area contributed by atoms with Crippen LogP contribution in [0.3, 0.4) is 0 Å². The molecule has 2 aromatic rings. The van der Waals surface area contributed by atoms with E-state index >= 15 is 0 Å². The van der Waals surface area contributed by atoms with E-state index in [1.807, 2.05) is 26.2 Å². The van der Waals surface area contributed by atoms with E-state index < -0.39 is 5.97 Å². The van der Waals surface area contributed by atoms with Gasteiger partial charge in [0.2, 0.25) is 0 Å². The quantitative estimate of drug-likeness (QED) is 0.335. The molecule has 22 heavy (non-hydrogen) atoms. The number of esters is 1. The number of fused-ring (bicyclic) bond motifs is 1. The van der Waals surface area contributed by atoms with Crippen molar-refractivity contribution in [3.63, 3.8) is 0 Å². The molecule has 0 bridgehead atoms. The summed E-state index contributed by atoms with van der Waals surface area (Å²) in [7, 11) is 0. The number of hydrogen-bond donors (Lipinski definition) is 0. The number of carbonyl (C=O) groups excluding carboxylic acids is 1. The van der Waals surface area contributed by atoms with Crippen LogP contribution < -0.4 is 5.56 Å². The highest BCUT2D eigenvalue weighted by atomic mass is 32.2. The minimum atomic E-state index is -0.391. The molecular weight excluding hydrogens is 320 g/mol. The molecule has 0 spiro atoms. The fraction of sp³-hybridized carbons (Fsp3) is 0.533. The van der Waals surface area contributed by atoms with Crippen LogP contribution in [0.5, 0.6) is 0 Å². The van der Waals surface area contributed by atoms with Crippen LogP contribution >= 0.6 is 23.1 Å². The number of aromatic nitrogens is 2. The molecule has 2 heterocycles. The van der Waals surface area contributed by atoms with Gasteiger partial charge in [0, 0.05) is 4.88 Å². The maximum Gasteiger partial charge on any atom is 0.326 e. The Bertz CT molecular complexity index is 721. The van der Waals surface area contributed by atoms with E-state index in [1.165, 1.54) is 27.7 Å². The van der Waals surface area contributed by atoms with Crippen LogP contribution in [0, 0.1) is 0 Å². The standard InChI is InChI=1S/C15H20N2O3S2/c1-4-6-7-20-12(18)9-17-14(19)11-8-10(5-2)22-13(11)16-15(17)21-3/h8H,4-7,9H2,1-3H3. The molecular formula is C15H20N2O3S2. The van der Waals surface area contributed by atoms with Gasteiger partial charge in [0.25, 0.3) is 5.56 Å². The van der Waals surface area contributed by atoms with Crippen LogP contribution in [0.2, 0.25) is 0 Å². The highest BCUT2D eigenvalue weighted by molar-refractivity contribution is 7.98. The summed E-state index contributed by atoms with van der Waals surface area (Å²) in [6.07, 6.45) is 4.51. The van der Waals surface area contributed by atoms with E-state index in [1.54, 1.807) is 0 Å². The van der Waals surface area contributed by atoms with Crippen molar-refractivity contribution in [2.24, 2.45) is 0 Å². The molecule has 2 rings (SSSR count). The Morgan fingerprint density at radius 2 is 2.23 bits per heavy atom. The number of hydrogen-bond acceptors (Lipinski definition) is 6. The first-order valence-corrected chi connectivity index (χ1v) is 9.37. The van der Waals surface area contributed by atoms with E-state index in [2.05, 4.69) is 4.98 Å². The Labute approximate surface area is 137 Å². The predicted octanol–water partition coefficient (Wildman–Crippen LogP) is 3.09. The summed E-state index contributed by atoms with van der Waals surface area (Å²) < 4.78 is 6.56. The van der Waals surface area contributed by atoms with Crippen molar-refractivity contribution in [3.8, 4) is 0 Å². The molecule has 0 saturated carbocycles. The number of aryl methyl sites for hydroxylation is 1. The van der Waals surface area contributed by atoms with Crippen LogP contribution in [-0.4, -0.2) is 28.4 Å². The molecule has 0 unspecified atom stereocenters. The van der Waals surface area contributed by atoms with Gasteiger partial charge in [0.1, 0.15) is 11.4 Å². The number of thioether (sulfide) groups is 1. The van der Waals surface area contributed by atoms with E-state index in [0.29, 0.717) is 17.1 Å². The second-order valence-electron chi connectivity index (χ2n) is 4.85. The average molecular weight is 340 g/mol. The predicted molar refractivity (Wildman–Crippen MR) is 90.9 cm³/mol. The van der Waals surface area contributed by atoms with E-state index in [9.17, 15) is 9.59 Å². The molecule has 0 aliphatic heterocycles. The highest BCUT2D eigenvalue weighted by Crippen LogP contribution is 2.24. The van der Waals surface area contributed by atoms with Gasteiger partial charge < -0.3 is 4.74 Å². The van der Waals surface area contributed by atoms with Gasteiger partial charge in [0.05, 0.1) is 12.0 Å². The Morgan fingerprint density at radius 1 is 1.45 bits per heavy atom. The van der Waals surface area contributed by atoms with Crippen LogP contribution in [0.4, 0.5) is 0 Å². The minimum Gasteiger partial charge on any atom is -0.464 e. The topological polar surface area (TPSA) is 61.2 Å². The van der Waals surface area contributed by atoms with Gasteiger partial charge >= 0.3 is 5.97 Å². The van der Waals surface area contributed by atoms with Gasteiger partial charge in [-0.3, -0.25) is 14.2 Å². The molecule has 0 atom stereocenters. The van der Waals surface area contributed by atoms with Crippen molar-refractivity contribution < 1.29 is 9.53 Å². The Kier molecular flexibility index (Phi) is 6.02. The summed E-state index contributed by atoms with van der Waals surface area (Å²) in [5.74, 6) is -0.391. The molecule has 2 aromatic heterocycles. The largest absolute Gasteiger partial charge is 0.464 e. The number of thiophene rings is 1. The van der Waals surface area contributed by atoms with E-state index in [0.717, 1.165) is 29.0 Å². The second kappa shape index (κ2) is 7.78. The Morgan fingerprint density at radius 3 is 2.86 bits per heavy atom. The van der Waals surface area contributed by atoms with E-state index in [-0.39, 0.29) is 12.1 Å². The fourth-order valence-electron chi connectivity index (χ4n) is 2.02. The highest BCUT2D eigenvalue weighted by Gasteiger charge is 2.16. The van der Waals surface area contributed by atoms with Gasteiger partial charge in [0.15, 0.2) is 5.16 Å². The van der Waals surface area contributed by atoms with Gasteiger partial charge in [-0.25, -0.2) is 4.98 Å². The Hall–Kier alpha value is -1.34. The van der Waals surface area contributed by atoms with Crippen LogP contribution in [0.15, 0.2) is 16.0 Å². The van der Waals surface area contributed by atoms with Crippen LogP contribution in [-0.2, 0) is 22.5 Å². The second-order valence-corrected chi connectivity index (χ2v) is 6.74. The lowest BCUT2D eigenvalue weighted by molar-refractivity contribution is -0.144. The number of ether oxygens (including phenoxy) is 1. The number of rotatable bonds is 7. The van der Waals surface area contributed by atoms with Crippen LogP contribution in [0.1, 0.15) is 31.6 Å². The zero-order chi connectivity index (χ0) is 16.1. The van der Waals surface area contributed by atoms with Crippen molar-refractivity contribution in [1.29, 1.82) is 0 Å². The van der Waals surface area contributed by atoms with Gasteiger partial charge in [-0.15, -0.1) is 11.3 Å². The fourth-order valence-corrected chi connectivity index (χ4v) is 3.59. The molecule has 7 heteroatoms. The van der Waals surface area contributed by atoms with Crippen molar-refractivity contribution in [2.75, 3.05) is 12.9 Å². The maximum atomic E-state index is 12.6. The lowest BCUT2D eigenvalue weighted by Crippen LogP contribution is -2.27. The van der Waals surface area contributed by atoms with Crippen molar-refractivity contribution in [2.45, 2.75) is 44.8 Å². The number of unbranched alkanes of at least 4 members (excludes halogenated alkanes) is 1. The monoisotopic (exact) mass is 340 g/mol. The SMILES string of the molecule is CCCCOC(=O)Cn1c(SC)nc2sc(CC)cc2c1=O. The van der Waals surface area contributed by atoms with Crippen molar-refractivity contribution >= 4 is 39.3 Å². The third kappa shape index (κ3) is 3.70. The van der Waals surface area contributed by atoms with Gasteiger partial charge in [-0.1, -0.05) is 32.0 Å². The van der Waals surface area contributed by atoms with E-state index in [4.69, 9.17) is 4.74 Å². The Balaban J connectivity index is 2.33. The molecule has 0 saturated heterocycles. The molecule has 0 radical (unpaired) electrons. The summed E-state index contributed by atoms with van der Waals surface area (Å²) >= 11 is 2.89. The first-order valence-electron chi connectivity index (χ1n) is 7.33. The zero-order valence-corrected chi connectivity index (χ0v) is 14.7. The number of carbonyl (C=O) groups is 1. The lowest BCUT2D eigenvalue weighted by Gasteiger charge is -2.10. The van der Waals surface area contributed by atoms with Gasteiger partial charge in [-0.2, -0.15) is 0 Å². The first-order chi connectivity index (χ1) is 10.6. The molecule has 120 valence electrons. The van der Waals surface area contributed by atoms with Crippen molar-refractivity contribution in [1.82, 2.24) is 9.55 Å². The smallest absolute Gasteiger partial charge is 0.326 e. The minimum absolute atomic E-state index is 0.0844. The third-order valence-electron chi connectivity index (χ3n) is 3.25. The lowest BCUT2D eigenvalue weighted by atomic mass is 10.3. The third-order valence-corrected chi connectivity index (χ3v) is 5.10. The summed E-state index contributed by atoms with van der Waals surface area (Å²) in [6, 6.07) is 1.87. The summed E-state index contributed by atoms with van der Waals surface area (Å²) in [5.41, 5.74) is -0.169. The maximum absolute atomic E-state index is 12.6. The molecule has 0 aromatic carbocycles. The molecule has 0 fully saturated rings. The summed E-state index contributed by atoms with van der Waals surface area (Å²) in [4.78, 5) is 30.9. The van der Waals surface area contributed by atoms with Crippen LogP contribution in [0.25, 0.3) is 10.2 Å². The molecule has 0 aliphatic rings.